The first-order valence-electron chi connectivity index (χ1n) is 9.71. The Morgan fingerprint density at radius 3 is 2.50 bits per heavy atom. The monoisotopic (exact) mass is 398 g/mol. The summed E-state index contributed by atoms with van der Waals surface area (Å²) >= 11 is 0. The van der Waals surface area contributed by atoms with Crippen LogP contribution >= 0.6 is 0 Å². The summed E-state index contributed by atoms with van der Waals surface area (Å²) in [4.78, 5) is 16.6. The number of amides is 1. The van der Waals surface area contributed by atoms with Crippen LogP contribution in [0.1, 0.15) is 27.0 Å². The first kappa shape index (κ1) is 19.5. The predicted molar refractivity (Wildman–Crippen MR) is 114 cm³/mol. The Morgan fingerprint density at radius 2 is 1.70 bits per heavy atom. The van der Waals surface area contributed by atoms with Gasteiger partial charge in [-0.1, -0.05) is 60.7 Å². The number of carbonyl (C=O) groups excluding carboxylic acids is 1. The molecule has 3 aromatic carbocycles. The van der Waals surface area contributed by atoms with Gasteiger partial charge in [0.2, 0.25) is 0 Å². The maximum atomic E-state index is 12.7. The molecular formula is C24H22N4O2. The van der Waals surface area contributed by atoms with Crippen molar-refractivity contribution in [2.45, 2.75) is 19.8 Å². The summed E-state index contributed by atoms with van der Waals surface area (Å²) in [5.41, 5.74) is 4.59. The number of carbonyl (C=O) groups is 1. The topological polar surface area (TPSA) is 69.0 Å². The molecule has 0 saturated carbocycles. The normalized spacial score (nSPS) is 10.7. The van der Waals surface area contributed by atoms with E-state index >= 15 is 0 Å². The third kappa shape index (κ3) is 4.98. The molecule has 0 unspecified atom stereocenters. The van der Waals surface area contributed by atoms with Crippen molar-refractivity contribution in [3.05, 3.63) is 114 Å². The van der Waals surface area contributed by atoms with E-state index in [9.17, 15) is 4.79 Å². The Bertz CT molecular complexity index is 1100. The average molecular weight is 398 g/mol. The van der Waals surface area contributed by atoms with Crippen LogP contribution in [0.4, 0.5) is 0 Å². The molecule has 0 aliphatic carbocycles. The van der Waals surface area contributed by atoms with Crippen LogP contribution in [0.25, 0.3) is 5.69 Å². The van der Waals surface area contributed by atoms with Gasteiger partial charge in [0, 0.05) is 12.1 Å². The molecule has 0 aliphatic heterocycles. The number of aromatic nitrogens is 3. The highest BCUT2D eigenvalue weighted by atomic mass is 16.5. The van der Waals surface area contributed by atoms with Gasteiger partial charge in [-0.2, -0.15) is 5.10 Å². The van der Waals surface area contributed by atoms with E-state index in [1.54, 1.807) is 23.1 Å². The van der Waals surface area contributed by atoms with Gasteiger partial charge in [-0.05, 0) is 34.9 Å². The largest absolute Gasteiger partial charge is 0.372 e. The Kier molecular flexibility index (Phi) is 6.27. The van der Waals surface area contributed by atoms with Crippen LogP contribution in [-0.4, -0.2) is 20.7 Å². The maximum absolute atomic E-state index is 12.7. The van der Waals surface area contributed by atoms with Gasteiger partial charge < -0.3 is 10.1 Å². The summed E-state index contributed by atoms with van der Waals surface area (Å²) in [7, 11) is 0. The standard InChI is InChI=1S/C24H22N4O2/c29-24(20-11-6-12-23(13-20)28-18-25-17-27-28)26-14-21-9-4-5-10-22(21)16-30-15-19-7-2-1-3-8-19/h1-13,17-18H,14-16H2,(H,26,29). The van der Waals surface area contributed by atoms with E-state index in [-0.39, 0.29) is 5.91 Å². The van der Waals surface area contributed by atoms with Crippen LogP contribution in [0.15, 0.2) is 91.5 Å². The molecule has 1 amide bonds. The number of ether oxygens (including phenoxy) is 1. The number of benzene rings is 3. The second kappa shape index (κ2) is 9.62. The fourth-order valence-corrected chi connectivity index (χ4v) is 3.13. The third-order valence-electron chi connectivity index (χ3n) is 4.72. The highest BCUT2D eigenvalue weighted by Crippen LogP contribution is 2.13. The molecule has 1 aromatic heterocycles. The molecule has 0 fully saturated rings. The van der Waals surface area contributed by atoms with Gasteiger partial charge in [0.25, 0.3) is 5.91 Å². The van der Waals surface area contributed by atoms with Crippen molar-refractivity contribution in [2.24, 2.45) is 0 Å². The van der Waals surface area contributed by atoms with E-state index < -0.39 is 0 Å². The zero-order valence-corrected chi connectivity index (χ0v) is 16.4. The minimum absolute atomic E-state index is 0.142. The Balaban J connectivity index is 1.37. The molecule has 0 spiro atoms. The quantitative estimate of drug-likeness (QED) is 0.489. The molecular weight excluding hydrogens is 376 g/mol. The molecule has 0 bridgehead atoms. The lowest BCUT2D eigenvalue weighted by atomic mass is 10.1. The van der Waals surface area contributed by atoms with E-state index in [4.69, 9.17) is 4.74 Å². The van der Waals surface area contributed by atoms with Crippen molar-refractivity contribution in [3.63, 3.8) is 0 Å². The van der Waals surface area contributed by atoms with Crippen LogP contribution in [0.5, 0.6) is 0 Å². The van der Waals surface area contributed by atoms with Crippen molar-refractivity contribution in [2.75, 3.05) is 0 Å². The number of nitrogens with zero attached hydrogens (tertiary/aromatic N) is 3. The lowest BCUT2D eigenvalue weighted by Crippen LogP contribution is -2.23. The Morgan fingerprint density at radius 1 is 0.900 bits per heavy atom. The van der Waals surface area contributed by atoms with E-state index in [2.05, 4.69) is 15.4 Å². The lowest BCUT2D eigenvalue weighted by Gasteiger charge is -2.12. The summed E-state index contributed by atoms with van der Waals surface area (Å²) in [6.07, 6.45) is 3.06. The van der Waals surface area contributed by atoms with Gasteiger partial charge in [0.1, 0.15) is 12.7 Å². The number of hydrogen-bond acceptors (Lipinski definition) is 4. The van der Waals surface area contributed by atoms with E-state index in [1.165, 1.54) is 6.33 Å². The molecule has 1 N–H and O–H groups in total. The molecule has 1 heterocycles. The number of hydrogen-bond donors (Lipinski definition) is 1. The Hall–Kier alpha value is -3.77. The maximum Gasteiger partial charge on any atom is 0.251 e. The highest BCUT2D eigenvalue weighted by molar-refractivity contribution is 5.94. The summed E-state index contributed by atoms with van der Waals surface area (Å²) in [6.45, 7) is 1.47. The van der Waals surface area contributed by atoms with Crippen molar-refractivity contribution in [1.29, 1.82) is 0 Å². The zero-order valence-electron chi connectivity index (χ0n) is 16.4. The first-order valence-corrected chi connectivity index (χ1v) is 9.71. The van der Waals surface area contributed by atoms with E-state index in [0.29, 0.717) is 25.3 Å². The first-order chi connectivity index (χ1) is 14.8. The van der Waals surface area contributed by atoms with Crippen LogP contribution in [0.2, 0.25) is 0 Å². The van der Waals surface area contributed by atoms with Crippen LogP contribution in [0.3, 0.4) is 0 Å². The summed E-state index contributed by atoms with van der Waals surface area (Å²) in [6, 6.07) is 25.3. The molecule has 30 heavy (non-hydrogen) atoms. The van der Waals surface area contributed by atoms with Crippen LogP contribution < -0.4 is 5.32 Å². The van der Waals surface area contributed by atoms with Gasteiger partial charge in [0.15, 0.2) is 0 Å². The number of nitrogens with one attached hydrogen (secondary N) is 1. The van der Waals surface area contributed by atoms with Gasteiger partial charge in [0.05, 0.1) is 18.9 Å². The summed E-state index contributed by atoms with van der Waals surface area (Å²) in [5.74, 6) is -0.142. The fraction of sp³-hybridized carbons (Fsp3) is 0.125. The molecule has 0 atom stereocenters. The molecule has 4 rings (SSSR count). The van der Waals surface area contributed by atoms with E-state index in [0.717, 1.165) is 22.4 Å². The average Bonchev–Trinajstić information content (AvgIpc) is 3.34. The molecule has 4 aromatic rings. The second-order valence-electron chi connectivity index (χ2n) is 6.82. The smallest absolute Gasteiger partial charge is 0.251 e. The van der Waals surface area contributed by atoms with Crippen molar-refractivity contribution in [1.82, 2.24) is 20.1 Å². The van der Waals surface area contributed by atoms with E-state index in [1.807, 2.05) is 66.7 Å². The number of rotatable bonds is 8. The van der Waals surface area contributed by atoms with Gasteiger partial charge in [-0.25, -0.2) is 9.67 Å². The predicted octanol–water partition coefficient (Wildman–Crippen LogP) is 3.91. The van der Waals surface area contributed by atoms with Gasteiger partial charge in [-0.3, -0.25) is 4.79 Å². The molecule has 6 heteroatoms. The molecule has 150 valence electrons. The lowest BCUT2D eigenvalue weighted by molar-refractivity contribution is 0.0947. The Labute approximate surface area is 175 Å². The molecule has 6 nitrogen and oxygen atoms in total. The van der Waals surface area contributed by atoms with Crippen LogP contribution in [-0.2, 0) is 24.5 Å². The molecule has 0 radical (unpaired) electrons. The van der Waals surface area contributed by atoms with Crippen molar-refractivity contribution < 1.29 is 9.53 Å². The molecule has 0 saturated heterocycles. The summed E-state index contributed by atoms with van der Waals surface area (Å²) in [5, 5.41) is 7.10. The summed E-state index contributed by atoms with van der Waals surface area (Å²) < 4.78 is 7.49. The molecule has 0 aliphatic rings. The fourth-order valence-electron chi connectivity index (χ4n) is 3.13. The van der Waals surface area contributed by atoms with Crippen LogP contribution in [0, 0.1) is 0 Å². The van der Waals surface area contributed by atoms with Gasteiger partial charge >= 0.3 is 0 Å². The third-order valence-corrected chi connectivity index (χ3v) is 4.72. The highest BCUT2D eigenvalue weighted by Gasteiger charge is 2.09. The zero-order chi connectivity index (χ0) is 20.6. The van der Waals surface area contributed by atoms with Crippen molar-refractivity contribution in [3.8, 4) is 5.69 Å². The minimum Gasteiger partial charge on any atom is -0.372 e. The SMILES string of the molecule is O=C(NCc1ccccc1COCc1ccccc1)c1cccc(-n2cncn2)c1. The van der Waals surface area contributed by atoms with Crippen molar-refractivity contribution >= 4 is 5.91 Å². The minimum atomic E-state index is -0.142. The second-order valence-corrected chi connectivity index (χ2v) is 6.82. The van der Waals surface area contributed by atoms with Gasteiger partial charge in [-0.15, -0.1) is 0 Å².